The maximum Gasteiger partial charge on any atom is 0.407 e. The first-order valence-electron chi connectivity index (χ1n) is 13.4. The SMILES string of the molecule is CC(=O)[C@H](Cc1ccc(O)cc1)NC(=O)[C@H](CC(C)C)N[C@H](O)[C@H](CC(C)C)NC(=O)OCc1ccccc1. The number of rotatable bonds is 15. The molecule has 0 aliphatic heterocycles. The fourth-order valence-corrected chi connectivity index (χ4v) is 4.17. The van der Waals surface area contributed by atoms with Crippen LogP contribution in [0.2, 0.25) is 0 Å². The zero-order valence-electron chi connectivity index (χ0n) is 23.5. The highest BCUT2D eigenvalue weighted by molar-refractivity contribution is 5.90. The van der Waals surface area contributed by atoms with Gasteiger partial charge in [-0.25, -0.2) is 4.79 Å². The average molecular weight is 542 g/mol. The topological polar surface area (TPSA) is 137 Å². The van der Waals surface area contributed by atoms with E-state index in [0.29, 0.717) is 12.8 Å². The fraction of sp³-hybridized carbons (Fsp3) is 0.500. The quantitative estimate of drug-likeness (QED) is 0.217. The van der Waals surface area contributed by atoms with Crippen LogP contribution in [0.3, 0.4) is 0 Å². The Balaban J connectivity index is 2.08. The molecule has 0 heterocycles. The highest BCUT2D eigenvalue weighted by atomic mass is 16.5. The normalized spacial score (nSPS) is 14.4. The summed E-state index contributed by atoms with van der Waals surface area (Å²) in [6, 6.07) is 13.4. The molecule has 2 aromatic carbocycles. The van der Waals surface area contributed by atoms with Crippen molar-refractivity contribution in [2.75, 3.05) is 0 Å². The molecule has 0 unspecified atom stereocenters. The zero-order chi connectivity index (χ0) is 28.9. The van der Waals surface area contributed by atoms with E-state index < -0.39 is 36.4 Å². The smallest absolute Gasteiger partial charge is 0.407 e. The Morgan fingerprint density at radius 1 is 0.821 bits per heavy atom. The summed E-state index contributed by atoms with van der Waals surface area (Å²) >= 11 is 0. The minimum atomic E-state index is -1.24. The lowest BCUT2D eigenvalue weighted by Gasteiger charge is -2.30. The molecule has 0 fully saturated rings. The molecule has 0 saturated carbocycles. The number of phenols is 1. The van der Waals surface area contributed by atoms with Gasteiger partial charge in [-0.15, -0.1) is 0 Å². The van der Waals surface area contributed by atoms with E-state index in [-0.39, 0.29) is 36.4 Å². The van der Waals surface area contributed by atoms with Gasteiger partial charge in [0, 0.05) is 0 Å². The van der Waals surface area contributed by atoms with Crippen LogP contribution in [0, 0.1) is 11.8 Å². The fourth-order valence-electron chi connectivity index (χ4n) is 4.17. The number of ketones is 1. The van der Waals surface area contributed by atoms with Crippen LogP contribution < -0.4 is 16.0 Å². The second-order valence-electron chi connectivity index (χ2n) is 10.8. The predicted molar refractivity (Wildman–Crippen MR) is 150 cm³/mol. The highest BCUT2D eigenvalue weighted by Crippen LogP contribution is 2.14. The summed E-state index contributed by atoms with van der Waals surface area (Å²) < 4.78 is 5.33. The van der Waals surface area contributed by atoms with Crippen molar-refractivity contribution >= 4 is 17.8 Å². The van der Waals surface area contributed by atoms with Crippen molar-refractivity contribution in [3.8, 4) is 5.75 Å². The Morgan fingerprint density at radius 2 is 1.44 bits per heavy atom. The second kappa shape index (κ2) is 15.9. The molecule has 214 valence electrons. The van der Waals surface area contributed by atoms with Crippen LogP contribution >= 0.6 is 0 Å². The Bertz CT molecular complexity index is 1040. The summed E-state index contributed by atoms with van der Waals surface area (Å²) in [5.41, 5.74) is 1.63. The van der Waals surface area contributed by atoms with Crippen LogP contribution in [0.5, 0.6) is 5.75 Å². The van der Waals surface area contributed by atoms with E-state index in [9.17, 15) is 24.6 Å². The number of alkyl carbamates (subject to hydrolysis) is 1. The molecule has 2 rings (SSSR count). The molecular formula is C30H43N3O6. The zero-order valence-corrected chi connectivity index (χ0v) is 23.5. The molecule has 5 N–H and O–H groups in total. The second-order valence-corrected chi connectivity index (χ2v) is 10.8. The van der Waals surface area contributed by atoms with E-state index in [4.69, 9.17) is 4.74 Å². The van der Waals surface area contributed by atoms with Gasteiger partial charge in [-0.05, 0) is 61.3 Å². The van der Waals surface area contributed by atoms with Crippen molar-refractivity contribution in [3.63, 3.8) is 0 Å². The molecule has 9 nitrogen and oxygen atoms in total. The number of hydrogen-bond donors (Lipinski definition) is 5. The molecule has 0 radical (unpaired) electrons. The van der Waals surface area contributed by atoms with E-state index in [0.717, 1.165) is 11.1 Å². The predicted octanol–water partition coefficient (Wildman–Crippen LogP) is 3.67. The third kappa shape index (κ3) is 11.9. The Labute approximate surface area is 231 Å². The number of aromatic hydroxyl groups is 1. The Kier molecular flexibility index (Phi) is 12.9. The van der Waals surface area contributed by atoms with Crippen molar-refractivity contribution in [1.29, 1.82) is 0 Å². The van der Waals surface area contributed by atoms with Crippen LogP contribution in [-0.4, -0.2) is 52.4 Å². The van der Waals surface area contributed by atoms with Gasteiger partial charge in [-0.3, -0.25) is 14.9 Å². The molecule has 0 spiro atoms. The van der Waals surface area contributed by atoms with Gasteiger partial charge in [0.05, 0.1) is 18.1 Å². The number of benzene rings is 2. The largest absolute Gasteiger partial charge is 0.508 e. The van der Waals surface area contributed by atoms with Gasteiger partial charge in [0.25, 0.3) is 0 Å². The average Bonchev–Trinajstić information content (AvgIpc) is 2.87. The summed E-state index contributed by atoms with van der Waals surface area (Å²) in [6.45, 7) is 9.35. The molecule has 0 saturated heterocycles. The van der Waals surface area contributed by atoms with Crippen molar-refractivity contribution in [3.05, 3.63) is 65.7 Å². The van der Waals surface area contributed by atoms with Gasteiger partial charge in [0.1, 0.15) is 18.6 Å². The number of Topliss-reactive ketones (excluding diaryl/α,β-unsaturated/α-hetero) is 1. The molecule has 9 heteroatoms. The minimum Gasteiger partial charge on any atom is -0.508 e. The van der Waals surface area contributed by atoms with Gasteiger partial charge < -0.3 is 25.6 Å². The Hall–Kier alpha value is -3.43. The molecular weight excluding hydrogens is 498 g/mol. The number of hydrogen-bond acceptors (Lipinski definition) is 7. The third-order valence-corrected chi connectivity index (χ3v) is 6.20. The summed E-state index contributed by atoms with van der Waals surface area (Å²) in [4.78, 5) is 38.2. The van der Waals surface area contributed by atoms with Crippen molar-refractivity contribution in [2.45, 2.75) is 84.8 Å². The molecule has 2 aromatic rings. The van der Waals surface area contributed by atoms with Gasteiger partial charge >= 0.3 is 6.09 Å². The summed E-state index contributed by atoms with van der Waals surface area (Å²) in [6.07, 6.45) is -0.788. The van der Waals surface area contributed by atoms with Crippen LogP contribution in [-0.2, 0) is 27.4 Å². The lowest BCUT2D eigenvalue weighted by molar-refractivity contribution is -0.129. The van der Waals surface area contributed by atoms with Gasteiger partial charge in [0.2, 0.25) is 5.91 Å². The van der Waals surface area contributed by atoms with E-state index in [2.05, 4.69) is 16.0 Å². The molecule has 4 atom stereocenters. The first-order valence-corrected chi connectivity index (χ1v) is 13.4. The number of aliphatic hydroxyl groups is 1. The molecule has 0 aliphatic carbocycles. The highest BCUT2D eigenvalue weighted by Gasteiger charge is 2.30. The number of ether oxygens (including phenoxy) is 1. The summed E-state index contributed by atoms with van der Waals surface area (Å²) in [7, 11) is 0. The summed E-state index contributed by atoms with van der Waals surface area (Å²) in [5, 5.41) is 29.1. The van der Waals surface area contributed by atoms with E-state index >= 15 is 0 Å². The lowest BCUT2D eigenvalue weighted by Crippen LogP contribution is -2.58. The molecule has 0 aromatic heterocycles. The number of carbonyl (C=O) groups is 3. The lowest BCUT2D eigenvalue weighted by atomic mass is 9.98. The summed E-state index contributed by atoms with van der Waals surface area (Å²) in [5.74, 6) is -0.255. The van der Waals surface area contributed by atoms with Crippen molar-refractivity contribution in [1.82, 2.24) is 16.0 Å². The van der Waals surface area contributed by atoms with Crippen LogP contribution in [0.25, 0.3) is 0 Å². The number of phenolic OH excluding ortho intramolecular Hbond substituents is 1. The van der Waals surface area contributed by atoms with E-state index in [1.165, 1.54) is 19.1 Å². The van der Waals surface area contributed by atoms with Crippen LogP contribution in [0.4, 0.5) is 4.79 Å². The standard InChI is InChI=1S/C30H43N3O6/c1-19(2)15-26(28(36)31-25(21(5)34)17-22-11-13-24(35)14-12-22)32-29(37)27(16-20(3)4)33-30(38)39-18-23-9-7-6-8-10-23/h6-14,19-20,25-27,29,32,35,37H,15-18H2,1-5H3,(H,31,36)(H,33,38)/t25-,26-,27-,29+/m0/s1. The van der Waals surface area contributed by atoms with Gasteiger partial charge in [-0.2, -0.15) is 0 Å². The molecule has 2 amide bonds. The molecule has 0 aliphatic rings. The maximum atomic E-state index is 13.3. The minimum absolute atomic E-state index is 0.0937. The number of nitrogens with one attached hydrogen (secondary N) is 3. The maximum absolute atomic E-state index is 13.3. The first kappa shape index (κ1) is 31.8. The van der Waals surface area contributed by atoms with Gasteiger partial charge in [0.15, 0.2) is 5.78 Å². The molecule has 39 heavy (non-hydrogen) atoms. The molecule has 0 bridgehead atoms. The number of aliphatic hydroxyl groups excluding tert-OH is 1. The number of amides is 2. The number of carbonyl (C=O) groups excluding carboxylic acids is 3. The van der Waals surface area contributed by atoms with E-state index in [1.54, 1.807) is 12.1 Å². The van der Waals surface area contributed by atoms with Crippen LogP contribution in [0.15, 0.2) is 54.6 Å². The van der Waals surface area contributed by atoms with Crippen molar-refractivity contribution in [2.24, 2.45) is 11.8 Å². The third-order valence-electron chi connectivity index (χ3n) is 6.20. The van der Waals surface area contributed by atoms with Crippen molar-refractivity contribution < 1.29 is 29.3 Å². The van der Waals surface area contributed by atoms with E-state index in [1.807, 2.05) is 58.0 Å². The monoisotopic (exact) mass is 541 g/mol. The first-order chi connectivity index (χ1) is 18.4. The van der Waals surface area contributed by atoms with Crippen LogP contribution in [0.1, 0.15) is 58.6 Å². The Morgan fingerprint density at radius 3 is 2.00 bits per heavy atom. The van der Waals surface area contributed by atoms with Gasteiger partial charge in [-0.1, -0.05) is 70.2 Å².